The number of aryl methyl sites for hydroxylation is 2. The molecule has 2 rings (SSSR count). The van der Waals surface area contributed by atoms with E-state index in [9.17, 15) is 4.79 Å². The summed E-state index contributed by atoms with van der Waals surface area (Å²) in [5.41, 5.74) is 1.40. The van der Waals surface area contributed by atoms with Crippen LogP contribution in [0, 0.1) is 6.92 Å². The van der Waals surface area contributed by atoms with Gasteiger partial charge < -0.3 is 16.0 Å². The van der Waals surface area contributed by atoms with Crippen molar-refractivity contribution in [1.82, 2.24) is 25.7 Å². The number of amides is 1. The second-order valence-electron chi connectivity index (χ2n) is 5.43. The molecule has 0 radical (unpaired) electrons. The molecule has 1 aromatic heterocycles. The van der Waals surface area contributed by atoms with Gasteiger partial charge in [-0.1, -0.05) is 12.8 Å². The smallest absolute Gasteiger partial charge is 0.271 e. The van der Waals surface area contributed by atoms with Crippen LogP contribution in [-0.2, 0) is 7.05 Å². The molecule has 0 spiro atoms. The zero-order valence-corrected chi connectivity index (χ0v) is 13.4. The van der Waals surface area contributed by atoms with Crippen molar-refractivity contribution in [1.29, 1.82) is 0 Å². The Morgan fingerprint density at radius 1 is 1.38 bits per heavy atom. The summed E-state index contributed by atoms with van der Waals surface area (Å²) in [5.74, 6) is -0.157. The van der Waals surface area contributed by atoms with E-state index in [2.05, 4.69) is 21.0 Å². The van der Waals surface area contributed by atoms with Crippen LogP contribution in [-0.4, -0.2) is 39.9 Å². The van der Waals surface area contributed by atoms with Crippen molar-refractivity contribution >= 4 is 23.2 Å². The predicted octanol–water partition coefficient (Wildman–Crippen LogP) is 0.865. The number of carbonyl (C=O) groups is 1. The molecule has 0 aliphatic heterocycles. The normalized spacial score (nSPS) is 15.0. The van der Waals surface area contributed by atoms with Crippen molar-refractivity contribution < 1.29 is 4.79 Å². The van der Waals surface area contributed by atoms with E-state index in [4.69, 9.17) is 12.2 Å². The molecule has 7 heteroatoms. The number of aromatic nitrogens is 2. The molecule has 0 aromatic carbocycles. The number of hydrogen-bond acceptors (Lipinski definition) is 3. The standard InChI is InChI=1S/C14H23N5OS/c1-10-9-12(18-19(10)2)13(20)15-7-8-16-14(21)17-11-5-3-4-6-11/h9,11H,3-8H2,1-2H3,(H,15,20)(H2,16,17,21). The van der Waals surface area contributed by atoms with Gasteiger partial charge in [0.15, 0.2) is 5.11 Å². The Hall–Kier alpha value is -1.63. The van der Waals surface area contributed by atoms with E-state index >= 15 is 0 Å². The largest absolute Gasteiger partial charge is 0.361 e. The molecule has 0 saturated heterocycles. The highest BCUT2D eigenvalue weighted by molar-refractivity contribution is 7.80. The molecule has 0 atom stereocenters. The van der Waals surface area contributed by atoms with Gasteiger partial charge in [0.1, 0.15) is 5.69 Å². The second-order valence-corrected chi connectivity index (χ2v) is 5.84. The Labute approximate surface area is 130 Å². The summed E-state index contributed by atoms with van der Waals surface area (Å²) in [6.45, 7) is 3.04. The van der Waals surface area contributed by atoms with Crippen LogP contribution in [0.4, 0.5) is 0 Å². The zero-order chi connectivity index (χ0) is 15.2. The van der Waals surface area contributed by atoms with Crippen molar-refractivity contribution in [2.24, 2.45) is 7.05 Å². The summed E-state index contributed by atoms with van der Waals surface area (Å²) >= 11 is 5.23. The number of thiocarbonyl (C=S) groups is 1. The second kappa shape index (κ2) is 7.40. The van der Waals surface area contributed by atoms with Crippen LogP contribution >= 0.6 is 12.2 Å². The first kappa shape index (κ1) is 15.8. The molecule has 1 aliphatic rings. The molecule has 1 heterocycles. The van der Waals surface area contributed by atoms with Crippen LogP contribution in [0.15, 0.2) is 6.07 Å². The number of hydrogen-bond donors (Lipinski definition) is 3. The summed E-state index contributed by atoms with van der Waals surface area (Å²) in [6.07, 6.45) is 4.94. The highest BCUT2D eigenvalue weighted by Gasteiger charge is 2.15. The topological polar surface area (TPSA) is 71.0 Å². The predicted molar refractivity (Wildman–Crippen MR) is 86.3 cm³/mol. The lowest BCUT2D eigenvalue weighted by Gasteiger charge is -2.15. The maximum Gasteiger partial charge on any atom is 0.271 e. The lowest BCUT2D eigenvalue weighted by Crippen LogP contribution is -2.43. The molecule has 1 amide bonds. The molecule has 6 nitrogen and oxygen atoms in total. The van der Waals surface area contributed by atoms with Crippen LogP contribution in [0.3, 0.4) is 0 Å². The van der Waals surface area contributed by atoms with Gasteiger partial charge in [-0.05, 0) is 38.0 Å². The molecule has 1 aromatic rings. The van der Waals surface area contributed by atoms with Gasteiger partial charge in [-0.25, -0.2) is 0 Å². The van der Waals surface area contributed by atoms with Gasteiger partial charge in [0.2, 0.25) is 0 Å². The fourth-order valence-electron chi connectivity index (χ4n) is 2.42. The number of rotatable bonds is 5. The van der Waals surface area contributed by atoms with E-state index in [1.807, 2.05) is 14.0 Å². The molecular formula is C14H23N5OS. The first-order valence-corrected chi connectivity index (χ1v) is 7.80. The molecule has 0 unspecified atom stereocenters. The Bertz CT molecular complexity index is 488. The quantitative estimate of drug-likeness (QED) is 0.556. The summed E-state index contributed by atoms with van der Waals surface area (Å²) < 4.78 is 1.69. The Balaban J connectivity index is 1.62. The average molecular weight is 309 g/mol. The Morgan fingerprint density at radius 3 is 2.67 bits per heavy atom. The molecule has 21 heavy (non-hydrogen) atoms. The number of nitrogens with one attached hydrogen (secondary N) is 3. The molecule has 1 saturated carbocycles. The van der Waals surface area contributed by atoms with E-state index in [0.717, 1.165) is 5.69 Å². The zero-order valence-electron chi connectivity index (χ0n) is 12.6. The van der Waals surface area contributed by atoms with Crippen LogP contribution in [0.5, 0.6) is 0 Å². The maximum atomic E-state index is 11.9. The van der Waals surface area contributed by atoms with Crippen LogP contribution in [0.25, 0.3) is 0 Å². The van der Waals surface area contributed by atoms with Crippen LogP contribution in [0.2, 0.25) is 0 Å². The Kier molecular flexibility index (Phi) is 5.55. The first-order chi connectivity index (χ1) is 10.1. The van der Waals surface area contributed by atoms with Crippen molar-refractivity contribution in [3.63, 3.8) is 0 Å². The van der Waals surface area contributed by atoms with Crippen molar-refractivity contribution in [2.75, 3.05) is 13.1 Å². The van der Waals surface area contributed by atoms with Gasteiger partial charge in [-0.2, -0.15) is 5.10 Å². The number of carbonyl (C=O) groups excluding carboxylic acids is 1. The Morgan fingerprint density at radius 2 is 2.05 bits per heavy atom. The monoisotopic (exact) mass is 309 g/mol. The SMILES string of the molecule is Cc1cc(C(=O)NCCNC(=S)NC2CCCC2)nn1C. The van der Waals surface area contributed by atoms with E-state index in [1.165, 1.54) is 25.7 Å². The van der Waals surface area contributed by atoms with E-state index < -0.39 is 0 Å². The van der Waals surface area contributed by atoms with Crippen molar-refractivity contribution in [3.05, 3.63) is 17.5 Å². The third-order valence-electron chi connectivity index (χ3n) is 3.73. The summed E-state index contributed by atoms with van der Waals surface area (Å²) in [4.78, 5) is 11.9. The molecule has 3 N–H and O–H groups in total. The summed E-state index contributed by atoms with van der Waals surface area (Å²) in [7, 11) is 1.82. The highest BCUT2D eigenvalue weighted by Crippen LogP contribution is 2.17. The first-order valence-electron chi connectivity index (χ1n) is 7.39. The number of nitrogens with zero attached hydrogens (tertiary/aromatic N) is 2. The minimum Gasteiger partial charge on any atom is -0.361 e. The molecular weight excluding hydrogens is 286 g/mol. The lowest BCUT2D eigenvalue weighted by molar-refractivity contribution is 0.0948. The molecule has 0 bridgehead atoms. The maximum absolute atomic E-state index is 11.9. The van der Waals surface area contributed by atoms with Gasteiger partial charge >= 0.3 is 0 Å². The third-order valence-corrected chi connectivity index (χ3v) is 4.00. The van der Waals surface area contributed by atoms with Gasteiger partial charge in [-0.15, -0.1) is 0 Å². The average Bonchev–Trinajstić information content (AvgIpc) is 3.05. The third kappa shape index (κ3) is 4.70. The summed E-state index contributed by atoms with van der Waals surface area (Å²) in [5, 5.41) is 14.0. The van der Waals surface area contributed by atoms with Crippen molar-refractivity contribution in [2.45, 2.75) is 38.6 Å². The summed E-state index contributed by atoms with van der Waals surface area (Å²) in [6, 6.07) is 2.28. The molecule has 116 valence electrons. The highest BCUT2D eigenvalue weighted by atomic mass is 32.1. The van der Waals surface area contributed by atoms with Crippen molar-refractivity contribution in [3.8, 4) is 0 Å². The fourth-order valence-corrected chi connectivity index (χ4v) is 2.69. The fraction of sp³-hybridized carbons (Fsp3) is 0.643. The van der Waals surface area contributed by atoms with Gasteiger partial charge in [-0.3, -0.25) is 9.48 Å². The van der Waals surface area contributed by atoms with E-state index in [0.29, 0.717) is 29.9 Å². The van der Waals surface area contributed by atoms with Crippen LogP contribution in [0.1, 0.15) is 41.9 Å². The lowest BCUT2D eigenvalue weighted by atomic mass is 10.3. The molecule has 1 aliphatic carbocycles. The minimum absolute atomic E-state index is 0.157. The molecule has 1 fully saturated rings. The van der Waals surface area contributed by atoms with Gasteiger partial charge in [0.05, 0.1) is 0 Å². The van der Waals surface area contributed by atoms with Gasteiger partial charge in [0.25, 0.3) is 5.91 Å². The van der Waals surface area contributed by atoms with E-state index in [1.54, 1.807) is 10.7 Å². The minimum atomic E-state index is -0.157. The van der Waals surface area contributed by atoms with Gasteiger partial charge in [0, 0.05) is 31.9 Å². The van der Waals surface area contributed by atoms with Crippen LogP contribution < -0.4 is 16.0 Å². The van der Waals surface area contributed by atoms with E-state index in [-0.39, 0.29) is 5.91 Å².